The molecular weight excluding hydrogens is 358 g/mol. The van der Waals surface area contributed by atoms with Crippen molar-refractivity contribution in [1.29, 1.82) is 0 Å². The molecule has 1 aliphatic heterocycles. The predicted molar refractivity (Wildman–Crippen MR) is 114 cm³/mol. The lowest BCUT2D eigenvalue weighted by Crippen LogP contribution is -2.49. The van der Waals surface area contributed by atoms with E-state index < -0.39 is 0 Å². The van der Waals surface area contributed by atoms with Gasteiger partial charge in [-0.15, -0.1) is 0 Å². The maximum absolute atomic E-state index is 5.63. The van der Waals surface area contributed by atoms with Gasteiger partial charge in [0.05, 0.1) is 19.9 Å². The number of hydrogen-bond acceptors (Lipinski definition) is 4. The number of rotatable bonds is 5. The first kappa shape index (κ1) is 19.5. The molecule has 0 aromatic heterocycles. The summed E-state index contributed by atoms with van der Waals surface area (Å²) in [5.41, 5.74) is 3.36. The Balaban J connectivity index is 1.54. The summed E-state index contributed by atoms with van der Waals surface area (Å²) in [7, 11) is 3.38. The molecule has 2 aromatic rings. The molecule has 5 nitrogen and oxygen atoms in total. The zero-order valence-corrected chi connectivity index (χ0v) is 17.0. The predicted octanol–water partition coefficient (Wildman–Crippen LogP) is 3.53. The van der Waals surface area contributed by atoms with Crippen molar-refractivity contribution in [3.63, 3.8) is 0 Å². The minimum Gasteiger partial charge on any atom is -0.497 e. The molecule has 0 bridgehead atoms. The molecule has 0 atom stereocenters. The van der Waals surface area contributed by atoms with Crippen molar-refractivity contribution in [2.75, 3.05) is 45.7 Å². The van der Waals surface area contributed by atoms with Gasteiger partial charge in [-0.3, -0.25) is 4.90 Å². The monoisotopic (exact) mass is 385 g/mol. The lowest BCUT2D eigenvalue weighted by molar-refractivity contribution is 0.177. The zero-order chi connectivity index (χ0) is 19.2. The van der Waals surface area contributed by atoms with Crippen molar-refractivity contribution in [3.05, 3.63) is 53.6 Å². The number of methoxy groups -OCH3 is 2. The van der Waals surface area contributed by atoms with E-state index in [1.807, 2.05) is 24.3 Å². The highest BCUT2D eigenvalue weighted by molar-refractivity contribution is 7.80. The van der Waals surface area contributed by atoms with Gasteiger partial charge in [-0.05, 0) is 54.5 Å². The van der Waals surface area contributed by atoms with Crippen molar-refractivity contribution in [2.45, 2.75) is 13.5 Å². The van der Waals surface area contributed by atoms with Crippen molar-refractivity contribution < 1.29 is 9.47 Å². The van der Waals surface area contributed by atoms with E-state index in [-0.39, 0.29) is 0 Å². The molecule has 3 rings (SSSR count). The molecule has 144 valence electrons. The van der Waals surface area contributed by atoms with Gasteiger partial charge in [0.25, 0.3) is 0 Å². The third-order valence-electron chi connectivity index (χ3n) is 4.80. The standard InChI is InChI=1S/C21H27N3O2S/c1-16-7-8-20(26-3)19(13-16)22-21(27)24-11-9-23(10-12-24)15-17-5-4-6-18(14-17)25-2/h4-8,13-14H,9-12,15H2,1-3H3,(H,22,27). The molecule has 2 aromatic carbocycles. The summed E-state index contributed by atoms with van der Waals surface area (Å²) in [4.78, 5) is 4.67. The molecule has 27 heavy (non-hydrogen) atoms. The molecule has 0 spiro atoms. The molecule has 1 saturated heterocycles. The summed E-state index contributed by atoms with van der Waals surface area (Å²) >= 11 is 5.63. The van der Waals surface area contributed by atoms with Crippen LogP contribution in [0.25, 0.3) is 0 Å². The molecule has 1 aliphatic rings. The van der Waals surface area contributed by atoms with Crippen molar-refractivity contribution >= 4 is 23.0 Å². The Kier molecular flexibility index (Phi) is 6.53. The number of aryl methyl sites for hydroxylation is 1. The number of nitrogens with zero attached hydrogens (tertiary/aromatic N) is 2. The molecule has 0 unspecified atom stereocenters. The molecular formula is C21H27N3O2S. The van der Waals surface area contributed by atoms with Gasteiger partial charge in [-0.1, -0.05) is 18.2 Å². The Labute approximate surface area is 166 Å². The van der Waals surface area contributed by atoms with E-state index >= 15 is 0 Å². The van der Waals surface area contributed by atoms with Crippen molar-refractivity contribution in [2.24, 2.45) is 0 Å². The Morgan fingerprint density at radius 3 is 2.52 bits per heavy atom. The van der Waals surface area contributed by atoms with Crippen molar-refractivity contribution in [1.82, 2.24) is 9.80 Å². The quantitative estimate of drug-likeness (QED) is 0.794. The zero-order valence-electron chi connectivity index (χ0n) is 16.2. The lowest BCUT2D eigenvalue weighted by atomic mass is 10.2. The maximum atomic E-state index is 5.63. The normalized spacial score (nSPS) is 14.7. The number of anilines is 1. The van der Waals surface area contributed by atoms with E-state index in [9.17, 15) is 0 Å². The first-order chi connectivity index (χ1) is 13.1. The summed E-state index contributed by atoms with van der Waals surface area (Å²) in [5, 5.41) is 4.10. The second-order valence-corrected chi connectivity index (χ2v) is 7.14. The highest BCUT2D eigenvalue weighted by Gasteiger charge is 2.20. The fraction of sp³-hybridized carbons (Fsp3) is 0.381. The van der Waals surface area contributed by atoms with Gasteiger partial charge < -0.3 is 19.7 Å². The van der Waals surface area contributed by atoms with Crippen LogP contribution in [0.3, 0.4) is 0 Å². The van der Waals surface area contributed by atoms with Gasteiger partial charge in [0, 0.05) is 32.7 Å². The van der Waals surface area contributed by atoms with Crippen molar-refractivity contribution in [3.8, 4) is 11.5 Å². The van der Waals surface area contributed by atoms with Crippen LogP contribution in [0.15, 0.2) is 42.5 Å². The van der Waals surface area contributed by atoms with E-state index in [1.54, 1.807) is 14.2 Å². The first-order valence-electron chi connectivity index (χ1n) is 9.15. The van der Waals surface area contributed by atoms with Crippen LogP contribution in [-0.2, 0) is 6.54 Å². The highest BCUT2D eigenvalue weighted by Crippen LogP contribution is 2.25. The van der Waals surface area contributed by atoms with E-state index in [0.717, 1.165) is 55.0 Å². The average molecular weight is 386 g/mol. The fourth-order valence-corrected chi connectivity index (χ4v) is 3.54. The molecule has 1 fully saturated rings. The Bertz CT molecular complexity index is 789. The fourth-order valence-electron chi connectivity index (χ4n) is 3.25. The van der Waals surface area contributed by atoms with Crippen LogP contribution >= 0.6 is 12.2 Å². The number of benzene rings is 2. The molecule has 1 N–H and O–H groups in total. The minimum absolute atomic E-state index is 0.750. The van der Waals surface area contributed by atoms with Gasteiger partial charge in [0.15, 0.2) is 5.11 Å². The Morgan fingerprint density at radius 1 is 1.04 bits per heavy atom. The highest BCUT2D eigenvalue weighted by atomic mass is 32.1. The largest absolute Gasteiger partial charge is 0.497 e. The number of thiocarbonyl (C=S) groups is 1. The average Bonchev–Trinajstić information content (AvgIpc) is 2.69. The van der Waals surface area contributed by atoms with E-state index in [0.29, 0.717) is 0 Å². The SMILES string of the molecule is COc1cccc(CN2CCN(C(=S)Nc3cc(C)ccc3OC)CC2)c1. The lowest BCUT2D eigenvalue weighted by Gasteiger charge is -2.36. The van der Waals surface area contributed by atoms with Crippen LogP contribution in [0.1, 0.15) is 11.1 Å². The number of hydrogen-bond donors (Lipinski definition) is 1. The smallest absolute Gasteiger partial charge is 0.173 e. The van der Waals surface area contributed by atoms with Crippen LogP contribution in [0.5, 0.6) is 11.5 Å². The van der Waals surface area contributed by atoms with Crippen LogP contribution in [0, 0.1) is 6.92 Å². The summed E-state index contributed by atoms with van der Waals surface area (Å²) in [6.07, 6.45) is 0. The second kappa shape index (κ2) is 9.06. The van der Waals surface area contributed by atoms with Gasteiger partial charge >= 0.3 is 0 Å². The number of nitrogens with one attached hydrogen (secondary N) is 1. The molecule has 0 amide bonds. The summed E-state index contributed by atoms with van der Waals surface area (Å²) < 4.78 is 10.7. The molecule has 0 saturated carbocycles. The third kappa shape index (κ3) is 5.11. The minimum atomic E-state index is 0.750. The maximum Gasteiger partial charge on any atom is 0.173 e. The number of ether oxygens (including phenoxy) is 2. The molecule has 0 aliphatic carbocycles. The Hall–Kier alpha value is -2.31. The van der Waals surface area contributed by atoms with Crippen LogP contribution in [0.4, 0.5) is 5.69 Å². The molecule has 6 heteroatoms. The first-order valence-corrected chi connectivity index (χ1v) is 9.55. The summed E-state index contributed by atoms with van der Waals surface area (Å²) in [6, 6.07) is 14.3. The summed E-state index contributed by atoms with van der Waals surface area (Å²) in [5.74, 6) is 1.71. The van der Waals surface area contributed by atoms with Gasteiger partial charge in [-0.2, -0.15) is 0 Å². The van der Waals surface area contributed by atoms with Crippen LogP contribution in [-0.4, -0.2) is 55.3 Å². The number of piperazine rings is 1. The van der Waals surface area contributed by atoms with E-state index in [2.05, 4.69) is 40.2 Å². The topological polar surface area (TPSA) is 37.0 Å². The van der Waals surface area contributed by atoms with Gasteiger partial charge in [0.2, 0.25) is 0 Å². The van der Waals surface area contributed by atoms with Crippen LogP contribution < -0.4 is 14.8 Å². The van der Waals surface area contributed by atoms with Gasteiger partial charge in [0.1, 0.15) is 11.5 Å². The van der Waals surface area contributed by atoms with E-state index in [4.69, 9.17) is 21.7 Å². The van der Waals surface area contributed by atoms with Crippen LogP contribution in [0.2, 0.25) is 0 Å². The van der Waals surface area contributed by atoms with Gasteiger partial charge in [-0.25, -0.2) is 0 Å². The third-order valence-corrected chi connectivity index (χ3v) is 5.16. The Morgan fingerprint density at radius 2 is 1.81 bits per heavy atom. The molecule has 0 radical (unpaired) electrons. The van der Waals surface area contributed by atoms with E-state index in [1.165, 1.54) is 11.1 Å². The molecule has 1 heterocycles. The summed E-state index contributed by atoms with van der Waals surface area (Å²) in [6.45, 7) is 6.75. The second-order valence-electron chi connectivity index (χ2n) is 6.75.